The highest BCUT2D eigenvalue weighted by Crippen LogP contribution is 2.37. The van der Waals surface area contributed by atoms with Gasteiger partial charge in [-0.1, -0.05) is 12.8 Å². The molecule has 1 aliphatic carbocycles. The third-order valence-corrected chi connectivity index (χ3v) is 5.74. The van der Waals surface area contributed by atoms with Gasteiger partial charge in [0.2, 0.25) is 0 Å². The second kappa shape index (κ2) is 5.42. The Morgan fingerprint density at radius 3 is 2.86 bits per heavy atom. The summed E-state index contributed by atoms with van der Waals surface area (Å²) < 4.78 is 1.82. The summed E-state index contributed by atoms with van der Waals surface area (Å²) >= 11 is 1.47. The molecule has 2 heterocycles. The van der Waals surface area contributed by atoms with Crippen LogP contribution in [0.5, 0.6) is 0 Å². The van der Waals surface area contributed by atoms with Crippen molar-refractivity contribution in [1.29, 1.82) is 0 Å². The van der Waals surface area contributed by atoms with Crippen molar-refractivity contribution in [3.8, 4) is 0 Å². The summed E-state index contributed by atoms with van der Waals surface area (Å²) in [6.07, 6.45) is 4.28. The van der Waals surface area contributed by atoms with E-state index in [9.17, 15) is 9.90 Å². The molecule has 0 bridgehead atoms. The fourth-order valence-electron chi connectivity index (χ4n) is 3.19. The minimum absolute atomic E-state index is 0.0460. The molecule has 1 amide bonds. The molecule has 1 fully saturated rings. The molecule has 0 aromatic carbocycles. The Hall–Kier alpha value is -1.40. The maximum atomic E-state index is 12.3. The lowest BCUT2D eigenvalue weighted by molar-refractivity contribution is 0.0884. The third-order valence-electron chi connectivity index (χ3n) is 4.54. The van der Waals surface area contributed by atoms with Crippen LogP contribution in [0, 0.1) is 12.3 Å². The van der Waals surface area contributed by atoms with Crippen LogP contribution in [0.4, 0.5) is 0 Å². The summed E-state index contributed by atoms with van der Waals surface area (Å²) in [5.74, 6) is -0.0460. The van der Waals surface area contributed by atoms with Gasteiger partial charge in [-0.3, -0.25) is 9.48 Å². The number of aromatic nitrogens is 2. The number of carbonyl (C=O) groups is 1. The van der Waals surface area contributed by atoms with Crippen molar-refractivity contribution < 1.29 is 9.90 Å². The molecule has 0 unspecified atom stereocenters. The van der Waals surface area contributed by atoms with Crippen molar-refractivity contribution in [3.63, 3.8) is 0 Å². The van der Waals surface area contributed by atoms with E-state index in [1.807, 2.05) is 24.7 Å². The predicted octanol–water partition coefficient (Wildman–Crippen LogP) is 2.23. The van der Waals surface area contributed by atoms with E-state index < -0.39 is 0 Å². The standard InChI is InChI=1S/C15H21N3O2S/c1-10-11-7-12(21-14(11)18(2)17-10)13(20)16-8-15(9-19)5-3-4-6-15/h7,19H,3-6,8-9H2,1-2H3,(H,16,20). The van der Waals surface area contributed by atoms with Gasteiger partial charge in [0.15, 0.2) is 0 Å². The van der Waals surface area contributed by atoms with Crippen LogP contribution in [0.2, 0.25) is 0 Å². The van der Waals surface area contributed by atoms with Crippen LogP contribution in [0.3, 0.4) is 0 Å². The quantitative estimate of drug-likeness (QED) is 0.910. The number of aryl methyl sites for hydroxylation is 2. The van der Waals surface area contributed by atoms with E-state index >= 15 is 0 Å². The van der Waals surface area contributed by atoms with E-state index in [4.69, 9.17) is 0 Å². The Morgan fingerprint density at radius 2 is 2.24 bits per heavy atom. The van der Waals surface area contributed by atoms with Gasteiger partial charge >= 0.3 is 0 Å². The highest BCUT2D eigenvalue weighted by Gasteiger charge is 2.33. The van der Waals surface area contributed by atoms with Crippen LogP contribution in [-0.2, 0) is 7.05 Å². The third kappa shape index (κ3) is 2.58. The molecule has 0 saturated heterocycles. The number of amides is 1. The smallest absolute Gasteiger partial charge is 0.261 e. The molecule has 0 atom stereocenters. The van der Waals surface area contributed by atoms with Gasteiger partial charge in [0.1, 0.15) is 4.83 Å². The first kappa shape index (κ1) is 14.5. The maximum absolute atomic E-state index is 12.3. The van der Waals surface area contributed by atoms with E-state index in [0.717, 1.165) is 41.6 Å². The lowest BCUT2D eigenvalue weighted by atomic mass is 9.87. The minimum Gasteiger partial charge on any atom is -0.396 e. The number of hydrogen-bond donors (Lipinski definition) is 2. The number of aliphatic hydroxyl groups excluding tert-OH is 1. The van der Waals surface area contributed by atoms with Crippen molar-refractivity contribution in [2.24, 2.45) is 12.5 Å². The molecule has 114 valence electrons. The largest absolute Gasteiger partial charge is 0.396 e. The lowest BCUT2D eigenvalue weighted by Gasteiger charge is -2.26. The van der Waals surface area contributed by atoms with E-state index in [-0.39, 0.29) is 17.9 Å². The van der Waals surface area contributed by atoms with Gasteiger partial charge in [-0.25, -0.2) is 0 Å². The first-order chi connectivity index (χ1) is 10.0. The molecule has 3 rings (SSSR count). The number of fused-ring (bicyclic) bond motifs is 1. The van der Waals surface area contributed by atoms with Gasteiger partial charge < -0.3 is 10.4 Å². The SMILES string of the molecule is Cc1nn(C)c2sc(C(=O)NCC3(CO)CCCC3)cc12. The molecule has 2 N–H and O–H groups in total. The van der Waals surface area contributed by atoms with Crippen LogP contribution >= 0.6 is 11.3 Å². The summed E-state index contributed by atoms with van der Waals surface area (Å²) in [6.45, 7) is 2.67. The number of nitrogens with one attached hydrogen (secondary N) is 1. The van der Waals surface area contributed by atoms with Crippen molar-refractivity contribution >= 4 is 27.5 Å². The number of hydrogen-bond acceptors (Lipinski definition) is 4. The van der Waals surface area contributed by atoms with E-state index in [0.29, 0.717) is 11.4 Å². The van der Waals surface area contributed by atoms with Gasteiger partial charge in [-0.15, -0.1) is 11.3 Å². The fourth-order valence-corrected chi connectivity index (χ4v) is 4.23. The van der Waals surface area contributed by atoms with E-state index in [2.05, 4.69) is 10.4 Å². The summed E-state index contributed by atoms with van der Waals surface area (Å²) in [4.78, 5) is 14.1. The van der Waals surface area contributed by atoms with Gasteiger partial charge in [-0.2, -0.15) is 5.10 Å². The fraction of sp³-hybridized carbons (Fsp3) is 0.600. The zero-order valence-corrected chi connectivity index (χ0v) is 13.3. The average Bonchev–Trinajstić information content (AvgIpc) is 3.16. The molecule has 21 heavy (non-hydrogen) atoms. The maximum Gasteiger partial charge on any atom is 0.261 e. The zero-order chi connectivity index (χ0) is 15.0. The Morgan fingerprint density at radius 1 is 1.52 bits per heavy atom. The molecule has 0 radical (unpaired) electrons. The number of nitrogens with zero attached hydrogens (tertiary/aromatic N) is 2. The molecule has 1 aliphatic rings. The summed E-state index contributed by atoms with van der Waals surface area (Å²) in [5.41, 5.74) is 0.842. The van der Waals surface area contributed by atoms with Crippen molar-refractivity contribution in [2.45, 2.75) is 32.6 Å². The van der Waals surface area contributed by atoms with Crippen LogP contribution in [0.15, 0.2) is 6.07 Å². The van der Waals surface area contributed by atoms with Crippen molar-refractivity contribution in [1.82, 2.24) is 15.1 Å². The van der Waals surface area contributed by atoms with Crippen LogP contribution < -0.4 is 5.32 Å². The van der Waals surface area contributed by atoms with E-state index in [1.165, 1.54) is 11.3 Å². The summed E-state index contributed by atoms with van der Waals surface area (Å²) in [5, 5.41) is 18.0. The van der Waals surface area contributed by atoms with Crippen LogP contribution in [-0.4, -0.2) is 33.9 Å². The van der Waals surface area contributed by atoms with Crippen LogP contribution in [0.25, 0.3) is 10.2 Å². The summed E-state index contributed by atoms with van der Waals surface area (Å²) in [7, 11) is 1.90. The van der Waals surface area contributed by atoms with Gasteiger partial charge in [0.05, 0.1) is 17.2 Å². The molecular formula is C15H21N3O2S. The molecule has 5 nitrogen and oxygen atoms in total. The molecule has 1 saturated carbocycles. The minimum atomic E-state index is -0.107. The summed E-state index contributed by atoms with van der Waals surface area (Å²) in [6, 6.07) is 1.91. The van der Waals surface area contributed by atoms with Crippen molar-refractivity contribution in [2.75, 3.05) is 13.2 Å². The van der Waals surface area contributed by atoms with Gasteiger partial charge in [-0.05, 0) is 25.8 Å². The highest BCUT2D eigenvalue weighted by molar-refractivity contribution is 7.20. The molecular weight excluding hydrogens is 286 g/mol. The predicted molar refractivity (Wildman–Crippen MR) is 83.6 cm³/mol. The first-order valence-corrected chi connectivity index (χ1v) is 8.18. The van der Waals surface area contributed by atoms with Crippen molar-refractivity contribution in [3.05, 3.63) is 16.6 Å². The second-order valence-electron chi connectivity index (χ2n) is 6.09. The topological polar surface area (TPSA) is 67.2 Å². The number of thiophene rings is 1. The molecule has 0 spiro atoms. The first-order valence-electron chi connectivity index (χ1n) is 7.37. The Balaban J connectivity index is 1.73. The Kier molecular flexibility index (Phi) is 3.75. The highest BCUT2D eigenvalue weighted by atomic mass is 32.1. The molecule has 2 aromatic rings. The Labute approximate surface area is 128 Å². The second-order valence-corrected chi connectivity index (χ2v) is 7.12. The Bertz CT molecular complexity index is 633. The normalized spacial score (nSPS) is 17.5. The zero-order valence-electron chi connectivity index (χ0n) is 12.5. The monoisotopic (exact) mass is 307 g/mol. The lowest BCUT2D eigenvalue weighted by Crippen LogP contribution is -2.38. The number of aliphatic hydroxyl groups is 1. The molecule has 2 aromatic heterocycles. The van der Waals surface area contributed by atoms with Crippen LogP contribution in [0.1, 0.15) is 41.0 Å². The number of rotatable bonds is 4. The van der Waals surface area contributed by atoms with E-state index in [1.54, 1.807) is 0 Å². The van der Waals surface area contributed by atoms with Gasteiger partial charge in [0, 0.05) is 24.4 Å². The van der Waals surface area contributed by atoms with Gasteiger partial charge in [0.25, 0.3) is 5.91 Å². The average molecular weight is 307 g/mol. The number of carbonyl (C=O) groups excluding carboxylic acids is 1. The molecule has 0 aliphatic heterocycles. The molecule has 6 heteroatoms.